The highest BCUT2D eigenvalue weighted by molar-refractivity contribution is 5.66. The average Bonchev–Trinajstić information content (AvgIpc) is 3.02. The molecule has 116 valence electrons. The fourth-order valence-electron chi connectivity index (χ4n) is 3.81. The second-order valence-corrected chi connectivity index (χ2v) is 6.34. The third kappa shape index (κ3) is 2.95. The zero-order valence-corrected chi connectivity index (χ0v) is 13.3. The van der Waals surface area contributed by atoms with Gasteiger partial charge in [-0.3, -0.25) is 4.90 Å². The molecule has 0 radical (unpaired) electrons. The van der Waals surface area contributed by atoms with Gasteiger partial charge in [0.1, 0.15) is 5.75 Å². The lowest BCUT2D eigenvalue weighted by Gasteiger charge is -2.39. The first kappa shape index (κ1) is 14.5. The van der Waals surface area contributed by atoms with Crippen molar-refractivity contribution in [2.45, 2.75) is 38.6 Å². The van der Waals surface area contributed by atoms with Crippen molar-refractivity contribution in [2.24, 2.45) is 0 Å². The molecule has 2 N–H and O–H groups in total. The summed E-state index contributed by atoms with van der Waals surface area (Å²) in [7, 11) is 1.68. The van der Waals surface area contributed by atoms with Crippen LogP contribution in [0.15, 0.2) is 12.1 Å². The number of nitrogen functional groups attached to an aromatic ring is 1. The number of aryl methyl sites for hydroxylation is 1. The third-order valence-corrected chi connectivity index (χ3v) is 5.04. The minimum atomic E-state index is 0.725. The normalized spacial score (nSPS) is 21.0. The third-order valence-electron chi connectivity index (χ3n) is 5.04. The Morgan fingerprint density at radius 3 is 2.38 bits per heavy atom. The fourth-order valence-corrected chi connectivity index (χ4v) is 3.81. The molecule has 1 aromatic carbocycles. The number of ether oxygens (including phenoxy) is 1. The van der Waals surface area contributed by atoms with E-state index in [0.717, 1.165) is 30.6 Å². The summed E-state index contributed by atoms with van der Waals surface area (Å²) in [5.74, 6) is 0.786. The van der Waals surface area contributed by atoms with Gasteiger partial charge in [0, 0.05) is 44.0 Å². The van der Waals surface area contributed by atoms with Gasteiger partial charge in [-0.2, -0.15) is 0 Å². The van der Waals surface area contributed by atoms with Gasteiger partial charge in [0.05, 0.1) is 12.8 Å². The molecule has 0 amide bonds. The molecule has 1 aliphatic heterocycles. The van der Waals surface area contributed by atoms with Crippen LogP contribution in [0, 0.1) is 6.92 Å². The zero-order valence-electron chi connectivity index (χ0n) is 13.3. The fraction of sp³-hybridized carbons (Fsp3) is 0.647. The first-order valence-electron chi connectivity index (χ1n) is 8.12. The van der Waals surface area contributed by atoms with Crippen LogP contribution in [0.1, 0.15) is 31.2 Å². The molecule has 1 heterocycles. The van der Waals surface area contributed by atoms with E-state index in [4.69, 9.17) is 10.5 Å². The number of hydrogen-bond donors (Lipinski definition) is 1. The maximum atomic E-state index is 5.98. The second kappa shape index (κ2) is 6.14. The van der Waals surface area contributed by atoms with Crippen LogP contribution in [0.2, 0.25) is 0 Å². The van der Waals surface area contributed by atoms with Gasteiger partial charge in [-0.1, -0.05) is 12.8 Å². The Hall–Kier alpha value is -1.42. The molecular weight excluding hydrogens is 262 g/mol. The summed E-state index contributed by atoms with van der Waals surface area (Å²) in [6.45, 7) is 6.69. The van der Waals surface area contributed by atoms with Gasteiger partial charge in [-0.15, -0.1) is 0 Å². The molecule has 1 saturated heterocycles. The Morgan fingerprint density at radius 1 is 1.10 bits per heavy atom. The molecule has 1 aliphatic carbocycles. The van der Waals surface area contributed by atoms with E-state index >= 15 is 0 Å². The summed E-state index contributed by atoms with van der Waals surface area (Å²) in [5, 5.41) is 0. The van der Waals surface area contributed by atoms with E-state index in [1.165, 1.54) is 50.0 Å². The Bertz CT molecular complexity index is 489. The molecule has 0 atom stereocenters. The van der Waals surface area contributed by atoms with E-state index in [1.54, 1.807) is 7.11 Å². The lowest BCUT2D eigenvalue weighted by molar-refractivity contribution is 0.187. The highest BCUT2D eigenvalue weighted by Gasteiger charge is 2.26. The van der Waals surface area contributed by atoms with Crippen molar-refractivity contribution in [3.63, 3.8) is 0 Å². The van der Waals surface area contributed by atoms with E-state index in [9.17, 15) is 0 Å². The summed E-state index contributed by atoms with van der Waals surface area (Å²) < 4.78 is 5.37. The molecule has 21 heavy (non-hydrogen) atoms. The van der Waals surface area contributed by atoms with Crippen LogP contribution < -0.4 is 15.4 Å². The molecule has 2 fully saturated rings. The lowest BCUT2D eigenvalue weighted by Crippen LogP contribution is -2.49. The van der Waals surface area contributed by atoms with Crippen LogP contribution in [0.3, 0.4) is 0 Å². The number of benzene rings is 1. The maximum Gasteiger partial charge on any atom is 0.143 e. The predicted octanol–water partition coefficient (Wildman–Crippen LogP) is 2.65. The smallest absolute Gasteiger partial charge is 0.143 e. The maximum absolute atomic E-state index is 5.98. The molecule has 0 unspecified atom stereocenters. The number of rotatable bonds is 3. The molecule has 2 aliphatic rings. The van der Waals surface area contributed by atoms with Crippen LogP contribution in [0.5, 0.6) is 5.75 Å². The average molecular weight is 289 g/mol. The predicted molar refractivity (Wildman–Crippen MR) is 88.2 cm³/mol. The summed E-state index contributed by atoms with van der Waals surface area (Å²) in [6.07, 6.45) is 5.63. The molecule has 0 bridgehead atoms. The topological polar surface area (TPSA) is 41.7 Å². The van der Waals surface area contributed by atoms with Crippen molar-refractivity contribution < 1.29 is 4.74 Å². The van der Waals surface area contributed by atoms with Gasteiger partial charge in [0.15, 0.2) is 0 Å². The van der Waals surface area contributed by atoms with E-state index in [1.807, 2.05) is 6.07 Å². The second-order valence-electron chi connectivity index (χ2n) is 6.34. The first-order chi connectivity index (χ1) is 10.2. The summed E-state index contributed by atoms with van der Waals surface area (Å²) in [6, 6.07) is 4.96. The molecule has 1 aromatic rings. The van der Waals surface area contributed by atoms with Gasteiger partial charge in [0.2, 0.25) is 0 Å². The lowest BCUT2D eigenvalue weighted by atomic mass is 10.1. The van der Waals surface area contributed by atoms with Crippen molar-refractivity contribution >= 4 is 11.4 Å². The number of nitrogens with two attached hydrogens (primary N) is 1. The molecule has 0 spiro atoms. The van der Waals surface area contributed by atoms with Crippen LogP contribution in [-0.4, -0.2) is 44.2 Å². The quantitative estimate of drug-likeness (QED) is 0.869. The van der Waals surface area contributed by atoms with Crippen molar-refractivity contribution in [2.75, 3.05) is 43.9 Å². The zero-order chi connectivity index (χ0) is 14.8. The molecule has 4 nitrogen and oxygen atoms in total. The molecule has 3 rings (SSSR count). The Balaban J connectivity index is 1.69. The summed E-state index contributed by atoms with van der Waals surface area (Å²) >= 11 is 0. The van der Waals surface area contributed by atoms with Crippen LogP contribution in [0.25, 0.3) is 0 Å². The monoisotopic (exact) mass is 289 g/mol. The van der Waals surface area contributed by atoms with E-state index in [-0.39, 0.29) is 0 Å². The van der Waals surface area contributed by atoms with E-state index in [2.05, 4.69) is 22.8 Å². The minimum absolute atomic E-state index is 0.725. The number of hydrogen-bond acceptors (Lipinski definition) is 4. The minimum Gasteiger partial charge on any atom is -0.495 e. The number of anilines is 2. The van der Waals surface area contributed by atoms with Gasteiger partial charge >= 0.3 is 0 Å². The van der Waals surface area contributed by atoms with Gasteiger partial charge in [-0.05, 0) is 31.4 Å². The molecule has 0 aromatic heterocycles. The van der Waals surface area contributed by atoms with Crippen LogP contribution in [-0.2, 0) is 0 Å². The van der Waals surface area contributed by atoms with Crippen molar-refractivity contribution in [3.05, 3.63) is 17.7 Å². The standard InChI is InChI=1S/C17H27N3O/c1-13-11-15(18)17(21-2)12-16(13)20-9-7-19(8-10-20)14-5-3-4-6-14/h11-12,14H,3-10,18H2,1-2H3. The number of methoxy groups -OCH3 is 1. The molecule has 4 heteroatoms. The van der Waals surface area contributed by atoms with Crippen molar-refractivity contribution in [1.82, 2.24) is 4.90 Å². The molecule has 1 saturated carbocycles. The summed E-state index contributed by atoms with van der Waals surface area (Å²) in [4.78, 5) is 5.16. The SMILES string of the molecule is COc1cc(N2CCN(C3CCCC3)CC2)c(C)cc1N. The number of nitrogens with zero attached hydrogens (tertiary/aromatic N) is 2. The van der Waals surface area contributed by atoms with Gasteiger partial charge in [-0.25, -0.2) is 0 Å². The van der Waals surface area contributed by atoms with Crippen LogP contribution in [0.4, 0.5) is 11.4 Å². The summed E-state index contributed by atoms with van der Waals surface area (Å²) in [5.41, 5.74) is 9.22. The van der Waals surface area contributed by atoms with E-state index in [0.29, 0.717) is 0 Å². The molecular formula is C17H27N3O. The van der Waals surface area contributed by atoms with E-state index < -0.39 is 0 Å². The number of piperazine rings is 1. The Labute approximate surface area is 127 Å². The Morgan fingerprint density at radius 2 is 1.76 bits per heavy atom. The first-order valence-corrected chi connectivity index (χ1v) is 8.12. The van der Waals surface area contributed by atoms with Gasteiger partial charge < -0.3 is 15.4 Å². The van der Waals surface area contributed by atoms with Crippen LogP contribution >= 0.6 is 0 Å². The largest absolute Gasteiger partial charge is 0.495 e. The van der Waals surface area contributed by atoms with Crippen molar-refractivity contribution in [1.29, 1.82) is 0 Å². The van der Waals surface area contributed by atoms with Crippen molar-refractivity contribution in [3.8, 4) is 5.75 Å². The van der Waals surface area contributed by atoms with Gasteiger partial charge in [0.25, 0.3) is 0 Å². The highest BCUT2D eigenvalue weighted by Crippen LogP contribution is 2.32. The highest BCUT2D eigenvalue weighted by atomic mass is 16.5. The Kier molecular flexibility index (Phi) is 4.24.